The van der Waals surface area contributed by atoms with E-state index in [1.54, 1.807) is 0 Å². The maximum Gasteiger partial charge on any atom is 0.255 e. The molecule has 0 spiro atoms. The van der Waals surface area contributed by atoms with Gasteiger partial charge >= 0.3 is 0 Å². The highest BCUT2D eigenvalue weighted by molar-refractivity contribution is 7.99. The van der Waals surface area contributed by atoms with E-state index in [1.165, 1.54) is 25.0 Å². The molecule has 2 rings (SSSR count). The van der Waals surface area contributed by atoms with Crippen LogP contribution < -0.4 is 10.9 Å². The van der Waals surface area contributed by atoms with Crippen molar-refractivity contribution < 1.29 is 0 Å². The number of hydrogen-bond acceptors (Lipinski definition) is 4. The van der Waals surface area contributed by atoms with Gasteiger partial charge in [-0.2, -0.15) is 11.8 Å². The van der Waals surface area contributed by atoms with Crippen molar-refractivity contribution in [3.8, 4) is 0 Å². The third-order valence-electron chi connectivity index (χ3n) is 3.97. The number of nitrogens with zero attached hydrogens (tertiary/aromatic N) is 1. The van der Waals surface area contributed by atoms with Gasteiger partial charge in [-0.1, -0.05) is 6.92 Å². The van der Waals surface area contributed by atoms with E-state index >= 15 is 0 Å². The number of nitrogens with one attached hydrogen (secondary N) is 2. The van der Waals surface area contributed by atoms with Crippen LogP contribution >= 0.6 is 11.8 Å². The van der Waals surface area contributed by atoms with Gasteiger partial charge in [0, 0.05) is 23.0 Å². The van der Waals surface area contributed by atoms with Gasteiger partial charge in [0.15, 0.2) is 0 Å². The molecule has 0 bridgehead atoms. The minimum atomic E-state index is -0.00696. The minimum absolute atomic E-state index is 0.00696. The smallest absolute Gasteiger partial charge is 0.255 e. The van der Waals surface area contributed by atoms with Gasteiger partial charge in [0.25, 0.3) is 5.56 Å². The van der Waals surface area contributed by atoms with Crippen LogP contribution in [-0.2, 0) is 0 Å². The fraction of sp³-hybridized carbons (Fsp3) is 0.733. The molecule has 1 fully saturated rings. The molecule has 5 heteroatoms. The lowest BCUT2D eigenvalue weighted by atomic mass is 10.1. The molecule has 3 atom stereocenters. The van der Waals surface area contributed by atoms with Crippen molar-refractivity contribution in [1.29, 1.82) is 0 Å². The highest BCUT2D eigenvalue weighted by Gasteiger charge is 2.26. The third kappa shape index (κ3) is 3.64. The molecule has 2 N–H and O–H groups in total. The summed E-state index contributed by atoms with van der Waals surface area (Å²) in [6.45, 7) is 8.02. The van der Waals surface area contributed by atoms with Crippen LogP contribution in [0.25, 0.3) is 0 Å². The summed E-state index contributed by atoms with van der Waals surface area (Å²) in [5, 5.41) is 4.39. The van der Waals surface area contributed by atoms with Gasteiger partial charge < -0.3 is 10.3 Å². The van der Waals surface area contributed by atoms with Crippen molar-refractivity contribution in [2.75, 3.05) is 5.75 Å². The second-order valence-electron chi connectivity index (χ2n) is 5.63. The summed E-state index contributed by atoms with van der Waals surface area (Å²) >= 11 is 2.05. The van der Waals surface area contributed by atoms with Gasteiger partial charge in [-0.05, 0) is 45.8 Å². The Kier molecular flexibility index (Phi) is 5.27. The van der Waals surface area contributed by atoms with Crippen molar-refractivity contribution >= 4 is 11.8 Å². The Morgan fingerprint density at radius 3 is 2.85 bits per heavy atom. The molecule has 0 amide bonds. The second kappa shape index (κ2) is 6.76. The minimum Gasteiger partial charge on any atom is -0.310 e. The molecular formula is C15H25N3OS. The van der Waals surface area contributed by atoms with E-state index in [1.807, 2.05) is 13.8 Å². The van der Waals surface area contributed by atoms with Gasteiger partial charge in [0.2, 0.25) is 0 Å². The van der Waals surface area contributed by atoms with Crippen molar-refractivity contribution in [1.82, 2.24) is 15.3 Å². The van der Waals surface area contributed by atoms with E-state index in [0.29, 0.717) is 11.9 Å². The van der Waals surface area contributed by atoms with Crippen molar-refractivity contribution in [2.45, 2.75) is 64.3 Å². The average Bonchev–Trinajstić information content (AvgIpc) is 2.75. The van der Waals surface area contributed by atoms with Crippen molar-refractivity contribution in [3.63, 3.8) is 0 Å². The quantitative estimate of drug-likeness (QED) is 0.877. The SMILES string of the molecule is CCSC1CCC(NC(C)c2c(C)nc(C)[nH]c2=O)C1. The zero-order valence-corrected chi connectivity index (χ0v) is 13.6. The first kappa shape index (κ1) is 15.6. The molecule has 0 aliphatic heterocycles. The maximum absolute atomic E-state index is 12.1. The average molecular weight is 295 g/mol. The molecule has 0 aromatic carbocycles. The zero-order valence-electron chi connectivity index (χ0n) is 12.8. The van der Waals surface area contributed by atoms with Gasteiger partial charge in [-0.25, -0.2) is 4.98 Å². The highest BCUT2D eigenvalue weighted by atomic mass is 32.2. The van der Waals surface area contributed by atoms with Crippen LogP contribution in [0, 0.1) is 13.8 Å². The van der Waals surface area contributed by atoms with E-state index in [4.69, 9.17) is 0 Å². The number of rotatable bonds is 5. The lowest BCUT2D eigenvalue weighted by molar-refractivity contribution is 0.457. The molecule has 0 radical (unpaired) electrons. The normalized spacial score (nSPS) is 24.0. The van der Waals surface area contributed by atoms with Crippen LogP contribution in [0.5, 0.6) is 0 Å². The first-order valence-corrected chi connectivity index (χ1v) is 8.51. The van der Waals surface area contributed by atoms with E-state index in [9.17, 15) is 4.79 Å². The Morgan fingerprint density at radius 1 is 1.45 bits per heavy atom. The number of hydrogen-bond donors (Lipinski definition) is 2. The summed E-state index contributed by atoms with van der Waals surface area (Å²) in [6.07, 6.45) is 3.70. The largest absolute Gasteiger partial charge is 0.310 e. The van der Waals surface area contributed by atoms with E-state index < -0.39 is 0 Å². The Morgan fingerprint density at radius 2 is 2.20 bits per heavy atom. The molecule has 112 valence electrons. The van der Waals surface area contributed by atoms with E-state index in [-0.39, 0.29) is 11.6 Å². The molecule has 1 aromatic heterocycles. The van der Waals surface area contributed by atoms with E-state index in [0.717, 1.165) is 16.5 Å². The van der Waals surface area contributed by atoms with Crippen molar-refractivity contribution in [3.05, 3.63) is 27.4 Å². The van der Waals surface area contributed by atoms with Crippen LogP contribution in [-0.4, -0.2) is 27.0 Å². The fourth-order valence-corrected chi connectivity index (χ4v) is 4.30. The molecule has 20 heavy (non-hydrogen) atoms. The predicted octanol–water partition coefficient (Wildman–Crippen LogP) is 2.71. The fourth-order valence-electron chi connectivity index (χ4n) is 3.16. The molecule has 4 nitrogen and oxygen atoms in total. The first-order chi connectivity index (χ1) is 9.51. The maximum atomic E-state index is 12.1. The molecule has 1 aromatic rings. The van der Waals surface area contributed by atoms with Crippen LogP contribution in [0.3, 0.4) is 0 Å². The number of aromatic nitrogens is 2. The van der Waals surface area contributed by atoms with Crippen molar-refractivity contribution in [2.24, 2.45) is 0 Å². The highest BCUT2D eigenvalue weighted by Crippen LogP contribution is 2.30. The summed E-state index contributed by atoms with van der Waals surface area (Å²) < 4.78 is 0. The lowest BCUT2D eigenvalue weighted by Gasteiger charge is -2.20. The summed E-state index contributed by atoms with van der Waals surface area (Å²) in [7, 11) is 0. The number of H-pyrrole nitrogens is 1. The predicted molar refractivity (Wildman–Crippen MR) is 85.4 cm³/mol. The van der Waals surface area contributed by atoms with Crippen LogP contribution in [0.1, 0.15) is 56.2 Å². The van der Waals surface area contributed by atoms with Crippen LogP contribution in [0.2, 0.25) is 0 Å². The molecule has 0 saturated heterocycles. The molecule has 3 unspecified atom stereocenters. The van der Waals surface area contributed by atoms with Gasteiger partial charge in [0.05, 0.1) is 5.56 Å². The Bertz CT molecular complexity index is 514. The Labute approximate surface area is 125 Å². The van der Waals surface area contributed by atoms with Gasteiger partial charge in [-0.15, -0.1) is 0 Å². The summed E-state index contributed by atoms with van der Waals surface area (Å²) in [5.41, 5.74) is 1.61. The lowest BCUT2D eigenvalue weighted by Crippen LogP contribution is -2.34. The summed E-state index contributed by atoms with van der Waals surface area (Å²) in [6, 6.07) is 0.580. The van der Waals surface area contributed by atoms with Crippen LogP contribution in [0.4, 0.5) is 0 Å². The van der Waals surface area contributed by atoms with Gasteiger partial charge in [0.1, 0.15) is 5.82 Å². The molecule has 1 aliphatic rings. The second-order valence-corrected chi connectivity index (χ2v) is 7.20. The first-order valence-electron chi connectivity index (χ1n) is 7.46. The summed E-state index contributed by atoms with van der Waals surface area (Å²) in [5.74, 6) is 1.87. The van der Waals surface area contributed by atoms with E-state index in [2.05, 4.69) is 40.9 Å². The number of thioether (sulfide) groups is 1. The Balaban J connectivity index is 2.03. The Hall–Kier alpha value is -0.810. The number of aromatic amines is 1. The molecule has 1 saturated carbocycles. The standard InChI is InChI=1S/C15H25N3OS/c1-5-20-13-7-6-12(8-13)17-10(3)14-9(2)16-11(4)18-15(14)19/h10,12-13,17H,5-8H2,1-4H3,(H,16,18,19). The van der Waals surface area contributed by atoms with Gasteiger partial charge in [-0.3, -0.25) is 4.79 Å². The monoisotopic (exact) mass is 295 g/mol. The molecule has 1 heterocycles. The topological polar surface area (TPSA) is 57.8 Å². The number of aryl methyl sites for hydroxylation is 2. The molecular weight excluding hydrogens is 270 g/mol. The third-order valence-corrected chi connectivity index (χ3v) is 5.20. The zero-order chi connectivity index (χ0) is 14.7. The molecule has 1 aliphatic carbocycles. The van der Waals surface area contributed by atoms with Crippen LogP contribution in [0.15, 0.2) is 4.79 Å². The summed E-state index contributed by atoms with van der Waals surface area (Å²) in [4.78, 5) is 19.3.